The highest BCUT2D eigenvalue weighted by molar-refractivity contribution is 9.11. The average molecular weight is 497 g/mol. The molecule has 126 valence electrons. The number of esters is 1. The third kappa shape index (κ3) is 4.92. The Bertz CT molecular complexity index is 792. The second kappa shape index (κ2) is 8.29. The first-order valence-corrected chi connectivity index (χ1v) is 8.85. The zero-order chi connectivity index (χ0) is 17.9. The smallest absolute Gasteiger partial charge is 0.340 e. The summed E-state index contributed by atoms with van der Waals surface area (Å²) in [5.41, 5.74) is 1.68. The average Bonchev–Trinajstić information content (AvgIpc) is 2.51. The molecule has 0 unspecified atom stereocenters. The van der Waals surface area contributed by atoms with E-state index in [9.17, 15) is 9.59 Å². The summed E-state index contributed by atoms with van der Waals surface area (Å²) in [5.74, 6) is -1.21. The first-order chi connectivity index (χ1) is 11.3. The van der Waals surface area contributed by atoms with E-state index >= 15 is 0 Å². The maximum atomic E-state index is 12.0. The van der Waals surface area contributed by atoms with Crippen molar-refractivity contribution in [3.8, 4) is 0 Å². The van der Waals surface area contributed by atoms with Gasteiger partial charge in [0.2, 0.25) is 0 Å². The fourth-order valence-corrected chi connectivity index (χ4v) is 3.63. The van der Waals surface area contributed by atoms with E-state index in [0.717, 1.165) is 5.56 Å². The monoisotopic (exact) mass is 494 g/mol. The standard InChI is InChI=1S/C15H10Br2Cl2N2O3/c1-7-2-9(16)13(10(17)3-7)21-12(22)6-24-15(23)8-4-11(18)14(19)20-5-8/h2-5H,6H2,1H3,(H,21,22). The van der Waals surface area contributed by atoms with Crippen molar-refractivity contribution in [2.75, 3.05) is 11.9 Å². The van der Waals surface area contributed by atoms with E-state index in [1.54, 1.807) is 0 Å². The minimum absolute atomic E-state index is 0.0834. The van der Waals surface area contributed by atoms with E-state index in [-0.39, 0.29) is 15.7 Å². The summed E-state index contributed by atoms with van der Waals surface area (Å²) in [6, 6.07) is 5.03. The molecule has 0 saturated carbocycles. The Balaban J connectivity index is 1.98. The highest BCUT2D eigenvalue weighted by atomic mass is 79.9. The molecule has 0 saturated heterocycles. The van der Waals surface area contributed by atoms with Crippen LogP contribution in [0.1, 0.15) is 15.9 Å². The van der Waals surface area contributed by atoms with E-state index in [4.69, 9.17) is 27.9 Å². The molecule has 0 aliphatic carbocycles. The lowest BCUT2D eigenvalue weighted by Crippen LogP contribution is -2.21. The van der Waals surface area contributed by atoms with Crippen LogP contribution in [-0.2, 0) is 9.53 Å². The third-order valence-electron chi connectivity index (χ3n) is 2.82. The molecule has 2 aromatic rings. The molecule has 0 aliphatic rings. The summed E-state index contributed by atoms with van der Waals surface area (Å²) in [4.78, 5) is 27.6. The Kier molecular flexibility index (Phi) is 6.62. The predicted molar refractivity (Wildman–Crippen MR) is 99.7 cm³/mol. The Morgan fingerprint density at radius 2 is 1.83 bits per heavy atom. The lowest BCUT2D eigenvalue weighted by Gasteiger charge is -2.11. The number of nitrogens with one attached hydrogen (secondary N) is 1. The van der Waals surface area contributed by atoms with Gasteiger partial charge in [0.25, 0.3) is 5.91 Å². The van der Waals surface area contributed by atoms with Crippen LogP contribution >= 0.6 is 55.1 Å². The van der Waals surface area contributed by atoms with Crippen LogP contribution in [0.2, 0.25) is 10.2 Å². The molecule has 1 N–H and O–H groups in total. The first-order valence-electron chi connectivity index (χ1n) is 6.51. The van der Waals surface area contributed by atoms with Crippen molar-refractivity contribution in [3.05, 3.63) is 54.6 Å². The van der Waals surface area contributed by atoms with Gasteiger partial charge in [-0.05, 0) is 62.5 Å². The van der Waals surface area contributed by atoms with Crippen LogP contribution in [0, 0.1) is 6.92 Å². The number of anilines is 1. The number of carbonyl (C=O) groups excluding carboxylic acids is 2. The number of amides is 1. The summed E-state index contributed by atoms with van der Waals surface area (Å²) >= 11 is 18.2. The molecular formula is C15H10Br2Cl2N2O3. The van der Waals surface area contributed by atoms with Crippen LogP contribution in [0.4, 0.5) is 5.69 Å². The quantitative estimate of drug-likeness (QED) is 0.477. The number of halogens is 4. The minimum atomic E-state index is -0.724. The molecule has 0 bridgehead atoms. The normalized spacial score (nSPS) is 10.4. The summed E-state index contributed by atoms with van der Waals surface area (Å²) in [5, 5.41) is 2.87. The zero-order valence-corrected chi connectivity index (χ0v) is 16.9. The first kappa shape index (κ1) is 19.2. The molecule has 0 fully saturated rings. The Labute approximate surface area is 164 Å². The topological polar surface area (TPSA) is 68.3 Å². The number of nitrogens with zero attached hydrogens (tertiary/aromatic N) is 1. The number of hydrogen-bond donors (Lipinski definition) is 1. The number of aromatic nitrogens is 1. The predicted octanol–water partition coefficient (Wildman–Crippen LogP) is 5.02. The minimum Gasteiger partial charge on any atom is -0.452 e. The molecular weight excluding hydrogens is 487 g/mol. The fourth-order valence-electron chi connectivity index (χ4n) is 1.74. The molecule has 0 spiro atoms. The molecule has 1 aromatic heterocycles. The zero-order valence-electron chi connectivity index (χ0n) is 12.2. The van der Waals surface area contributed by atoms with E-state index in [0.29, 0.717) is 14.6 Å². The van der Waals surface area contributed by atoms with Gasteiger partial charge in [0.15, 0.2) is 6.61 Å². The second-order valence-corrected chi connectivity index (χ2v) is 7.20. The van der Waals surface area contributed by atoms with E-state index < -0.39 is 18.5 Å². The van der Waals surface area contributed by atoms with Crippen molar-refractivity contribution in [2.24, 2.45) is 0 Å². The van der Waals surface area contributed by atoms with Crippen molar-refractivity contribution < 1.29 is 14.3 Å². The van der Waals surface area contributed by atoms with Crippen molar-refractivity contribution >= 4 is 72.6 Å². The molecule has 1 aromatic carbocycles. The Morgan fingerprint density at radius 1 is 1.21 bits per heavy atom. The van der Waals surface area contributed by atoms with Gasteiger partial charge < -0.3 is 10.1 Å². The van der Waals surface area contributed by atoms with Crippen LogP contribution in [0.5, 0.6) is 0 Å². The second-order valence-electron chi connectivity index (χ2n) is 4.72. The Hall–Kier alpha value is -1.15. The SMILES string of the molecule is Cc1cc(Br)c(NC(=O)COC(=O)c2cnc(Cl)c(Cl)c2)c(Br)c1. The third-order valence-corrected chi connectivity index (χ3v) is 4.75. The molecule has 0 aliphatic heterocycles. The molecule has 1 heterocycles. The van der Waals surface area contributed by atoms with Gasteiger partial charge in [0, 0.05) is 15.1 Å². The number of ether oxygens (including phenoxy) is 1. The number of hydrogen-bond acceptors (Lipinski definition) is 4. The van der Waals surface area contributed by atoms with Crippen LogP contribution in [0.25, 0.3) is 0 Å². The number of pyridine rings is 1. The molecule has 2 rings (SSSR count). The highest BCUT2D eigenvalue weighted by Crippen LogP contribution is 2.32. The lowest BCUT2D eigenvalue weighted by atomic mass is 10.2. The molecule has 0 atom stereocenters. The number of rotatable bonds is 4. The van der Waals surface area contributed by atoms with Gasteiger partial charge in [0.05, 0.1) is 16.3 Å². The van der Waals surface area contributed by atoms with Gasteiger partial charge in [0.1, 0.15) is 5.15 Å². The summed E-state index contributed by atoms with van der Waals surface area (Å²) in [6.07, 6.45) is 1.22. The summed E-state index contributed by atoms with van der Waals surface area (Å²) in [6.45, 7) is 1.47. The molecule has 1 amide bonds. The molecule has 24 heavy (non-hydrogen) atoms. The Morgan fingerprint density at radius 3 is 2.42 bits per heavy atom. The van der Waals surface area contributed by atoms with Gasteiger partial charge in [-0.2, -0.15) is 0 Å². The highest BCUT2D eigenvalue weighted by Gasteiger charge is 2.14. The number of aryl methyl sites for hydroxylation is 1. The number of carbonyl (C=O) groups is 2. The van der Waals surface area contributed by atoms with Gasteiger partial charge in [-0.1, -0.05) is 23.2 Å². The van der Waals surface area contributed by atoms with Crippen LogP contribution < -0.4 is 5.32 Å². The van der Waals surface area contributed by atoms with Crippen molar-refractivity contribution in [3.63, 3.8) is 0 Å². The summed E-state index contributed by atoms with van der Waals surface area (Å²) in [7, 11) is 0. The summed E-state index contributed by atoms with van der Waals surface area (Å²) < 4.78 is 6.36. The van der Waals surface area contributed by atoms with E-state index in [2.05, 4.69) is 42.2 Å². The van der Waals surface area contributed by atoms with Crippen molar-refractivity contribution in [1.82, 2.24) is 4.98 Å². The lowest BCUT2D eigenvalue weighted by molar-refractivity contribution is -0.119. The van der Waals surface area contributed by atoms with Gasteiger partial charge in [-0.25, -0.2) is 9.78 Å². The maximum absolute atomic E-state index is 12.0. The van der Waals surface area contributed by atoms with Crippen LogP contribution in [0.15, 0.2) is 33.3 Å². The largest absolute Gasteiger partial charge is 0.452 e. The fraction of sp³-hybridized carbons (Fsp3) is 0.133. The van der Waals surface area contributed by atoms with Crippen molar-refractivity contribution in [2.45, 2.75) is 6.92 Å². The molecule has 0 radical (unpaired) electrons. The van der Waals surface area contributed by atoms with E-state index in [1.807, 2.05) is 19.1 Å². The molecule has 9 heteroatoms. The van der Waals surface area contributed by atoms with E-state index in [1.165, 1.54) is 12.3 Å². The van der Waals surface area contributed by atoms with Gasteiger partial charge in [-0.3, -0.25) is 4.79 Å². The van der Waals surface area contributed by atoms with Crippen LogP contribution in [0.3, 0.4) is 0 Å². The van der Waals surface area contributed by atoms with Crippen LogP contribution in [-0.4, -0.2) is 23.5 Å². The van der Waals surface area contributed by atoms with Gasteiger partial charge >= 0.3 is 5.97 Å². The maximum Gasteiger partial charge on any atom is 0.340 e. The number of benzene rings is 1. The van der Waals surface area contributed by atoms with Gasteiger partial charge in [-0.15, -0.1) is 0 Å². The van der Waals surface area contributed by atoms with Crippen molar-refractivity contribution in [1.29, 1.82) is 0 Å². The molecule has 5 nitrogen and oxygen atoms in total.